The van der Waals surface area contributed by atoms with Crippen LogP contribution in [0.2, 0.25) is 5.02 Å². The molecule has 0 aromatic heterocycles. The molecule has 2 unspecified atom stereocenters. The summed E-state index contributed by atoms with van der Waals surface area (Å²) in [5.74, 6) is -9.17. The number of hydrogen-bond acceptors (Lipinski definition) is 9. The SMILES string of the molecule is C=C1c2c(Cl)ccc(O)c2C(=O)C2=C(O)[C@]3(O)C(=O)C(C(N)=O)=C(O)C(N(C)C)[C@@H]3[C@@H](O)C12. The molecule has 0 aliphatic heterocycles. The molecular formula is C22H21ClN2O8. The van der Waals surface area contributed by atoms with E-state index >= 15 is 0 Å². The maximum atomic E-state index is 13.4. The van der Waals surface area contributed by atoms with Crippen LogP contribution >= 0.6 is 11.6 Å². The molecule has 1 amide bonds. The molecule has 0 spiro atoms. The Morgan fingerprint density at radius 2 is 1.79 bits per heavy atom. The van der Waals surface area contributed by atoms with E-state index in [1.807, 2.05) is 0 Å². The lowest BCUT2D eigenvalue weighted by atomic mass is 9.56. The summed E-state index contributed by atoms with van der Waals surface area (Å²) in [5, 5.41) is 55.1. The lowest BCUT2D eigenvalue weighted by Gasteiger charge is -2.52. The lowest BCUT2D eigenvalue weighted by Crippen LogP contribution is -2.68. The molecule has 3 aliphatic rings. The number of halogens is 1. The normalized spacial score (nSPS) is 31.5. The molecule has 5 atom stereocenters. The molecule has 0 bridgehead atoms. The van der Waals surface area contributed by atoms with Crippen LogP contribution in [-0.2, 0) is 9.59 Å². The zero-order chi connectivity index (χ0) is 24.7. The van der Waals surface area contributed by atoms with Crippen LogP contribution in [0.15, 0.2) is 41.4 Å². The summed E-state index contributed by atoms with van der Waals surface area (Å²) in [4.78, 5) is 39.8. The molecule has 0 heterocycles. The van der Waals surface area contributed by atoms with Crippen LogP contribution in [0.4, 0.5) is 0 Å². The second-order valence-corrected chi connectivity index (χ2v) is 8.96. The first-order valence-electron chi connectivity index (χ1n) is 9.81. The van der Waals surface area contributed by atoms with Crippen molar-refractivity contribution in [3.63, 3.8) is 0 Å². The minimum absolute atomic E-state index is 0.0498. The Bertz CT molecular complexity index is 1230. The zero-order valence-electron chi connectivity index (χ0n) is 17.5. The van der Waals surface area contributed by atoms with E-state index in [4.69, 9.17) is 17.3 Å². The number of aromatic hydroxyl groups is 1. The number of nitrogens with zero attached hydrogens (tertiary/aromatic N) is 1. The number of aliphatic hydroxyl groups excluding tert-OH is 3. The van der Waals surface area contributed by atoms with Crippen LogP contribution in [0.3, 0.4) is 0 Å². The van der Waals surface area contributed by atoms with E-state index in [-0.39, 0.29) is 21.7 Å². The van der Waals surface area contributed by atoms with Crippen molar-refractivity contribution in [3.05, 3.63) is 57.5 Å². The van der Waals surface area contributed by atoms with Crippen molar-refractivity contribution in [3.8, 4) is 5.75 Å². The molecular weight excluding hydrogens is 456 g/mol. The number of carbonyl (C=O) groups is 3. The number of primary amides is 1. The van der Waals surface area contributed by atoms with Gasteiger partial charge in [-0.15, -0.1) is 0 Å². The minimum atomic E-state index is -2.97. The highest BCUT2D eigenvalue weighted by Crippen LogP contribution is 2.55. The van der Waals surface area contributed by atoms with E-state index in [1.54, 1.807) is 0 Å². The maximum absolute atomic E-state index is 13.4. The minimum Gasteiger partial charge on any atom is -0.510 e. The van der Waals surface area contributed by atoms with Crippen molar-refractivity contribution in [2.24, 2.45) is 17.6 Å². The molecule has 174 valence electrons. The largest absolute Gasteiger partial charge is 0.510 e. The number of benzene rings is 1. The third kappa shape index (κ3) is 2.69. The molecule has 1 aromatic rings. The van der Waals surface area contributed by atoms with Gasteiger partial charge in [0.05, 0.1) is 29.2 Å². The molecule has 7 N–H and O–H groups in total. The van der Waals surface area contributed by atoms with Crippen molar-refractivity contribution in [1.82, 2.24) is 4.90 Å². The number of carbonyl (C=O) groups excluding carboxylic acids is 3. The summed E-state index contributed by atoms with van der Waals surface area (Å²) in [5.41, 5.74) is 0.528. The number of phenols is 1. The third-order valence-corrected chi connectivity index (χ3v) is 6.99. The average Bonchev–Trinajstić information content (AvgIpc) is 2.72. The fourth-order valence-electron chi connectivity index (χ4n) is 5.27. The Hall–Kier alpha value is -3.18. The molecule has 4 rings (SSSR count). The van der Waals surface area contributed by atoms with Crippen molar-refractivity contribution in [2.75, 3.05) is 14.1 Å². The number of hydrogen-bond donors (Lipinski definition) is 6. The van der Waals surface area contributed by atoms with Crippen molar-refractivity contribution >= 4 is 34.6 Å². The topological polar surface area (TPSA) is 182 Å². The summed E-state index contributed by atoms with van der Waals surface area (Å²) in [7, 11) is 2.90. The van der Waals surface area contributed by atoms with Crippen molar-refractivity contribution in [1.29, 1.82) is 0 Å². The summed E-state index contributed by atoms with van der Waals surface area (Å²) in [6.45, 7) is 3.89. The van der Waals surface area contributed by atoms with Gasteiger partial charge in [0.2, 0.25) is 5.78 Å². The number of phenolic OH excluding ortho intramolecular Hbond substituents is 1. The molecule has 1 aromatic carbocycles. The van der Waals surface area contributed by atoms with E-state index in [9.17, 15) is 39.9 Å². The highest BCUT2D eigenvalue weighted by molar-refractivity contribution is 6.34. The van der Waals surface area contributed by atoms with E-state index in [2.05, 4.69) is 6.58 Å². The molecule has 11 heteroatoms. The molecule has 33 heavy (non-hydrogen) atoms. The van der Waals surface area contributed by atoms with Gasteiger partial charge in [-0.1, -0.05) is 18.2 Å². The number of aliphatic hydroxyl groups is 4. The van der Waals surface area contributed by atoms with Gasteiger partial charge < -0.3 is 31.3 Å². The van der Waals surface area contributed by atoms with Gasteiger partial charge in [0, 0.05) is 16.5 Å². The number of Topliss-reactive ketones (excluding diaryl/α,β-unsaturated/α-hetero) is 2. The number of fused-ring (bicyclic) bond motifs is 3. The van der Waals surface area contributed by atoms with Crippen molar-refractivity contribution < 1.29 is 39.9 Å². The number of nitrogens with two attached hydrogens (primary N) is 1. The number of likely N-dealkylation sites (N-methyl/N-ethyl adjacent to an activating group) is 1. The Morgan fingerprint density at radius 1 is 1.18 bits per heavy atom. The van der Waals surface area contributed by atoms with Crippen LogP contribution in [0.5, 0.6) is 5.75 Å². The molecule has 0 radical (unpaired) electrons. The monoisotopic (exact) mass is 476 g/mol. The van der Waals surface area contributed by atoms with Crippen LogP contribution in [0, 0.1) is 11.8 Å². The standard InChI is InChI=1S/C22H21ClN2O8/c1-6-9-7(23)4-5-8(26)11(9)16(27)12-10(6)17(28)14-15(25(2)3)18(29)13(21(24)32)20(31)22(14,33)19(12)30/h4-5,10,14-15,17,26,28-30,33H,1H2,2-3H3,(H2,24,32)/t10?,14-,15?,17+,22+/m1/s1. The van der Waals surface area contributed by atoms with E-state index < -0.39 is 75.5 Å². The van der Waals surface area contributed by atoms with Gasteiger partial charge in [-0.25, -0.2) is 0 Å². The smallest absolute Gasteiger partial charge is 0.255 e. The average molecular weight is 477 g/mol. The van der Waals surface area contributed by atoms with Gasteiger partial charge >= 0.3 is 0 Å². The van der Waals surface area contributed by atoms with Gasteiger partial charge in [0.15, 0.2) is 11.4 Å². The van der Waals surface area contributed by atoms with Gasteiger partial charge in [-0.3, -0.25) is 19.3 Å². The van der Waals surface area contributed by atoms with Gasteiger partial charge in [0.1, 0.15) is 22.8 Å². The highest BCUT2D eigenvalue weighted by atomic mass is 35.5. The summed E-state index contributed by atoms with van der Waals surface area (Å²) in [6.07, 6.45) is -1.75. The number of ketones is 2. The van der Waals surface area contributed by atoms with Crippen LogP contribution in [0.25, 0.3) is 5.57 Å². The summed E-state index contributed by atoms with van der Waals surface area (Å²) in [6, 6.07) is 1.13. The predicted octanol–water partition coefficient (Wildman–Crippen LogP) is 0.216. The second kappa shape index (κ2) is 7.16. The molecule has 0 saturated carbocycles. The Kier molecular flexibility index (Phi) is 4.99. The van der Waals surface area contributed by atoms with E-state index in [0.717, 1.165) is 6.07 Å². The first kappa shape index (κ1) is 23.0. The Balaban J connectivity index is 2.09. The van der Waals surface area contributed by atoms with Crippen LogP contribution in [0.1, 0.15) is 15.9 Å². The highest BCUT2D eigenvalue weighted by Gasteiger charge is 2.67. The Morgan fingerprint density at radius 3 is 2.33 bits per heavy atom. The van der Waals surface area contributed by atoms with Gasteiger partial charge in [0.25, 0.3) is 5.91 Å². The van der Waals surface area contributed by atoms with Gasteiger partial charge in [-0.05, 0) is 31.8 Å². The Labute approximate surface area is 192 Å². The lowest BCUT2D eigenvalue weighted by molar-refractivity contribution is -0.159. The third-order valence-electron chi connectivity index (χ3n) is 6.67. The molecule has 0 saturated heterocycles. The molecule has 3 aliphatic carbocycles. The summed E-state index contributed by atoms with van der Waals surface area (Å²) >= 11 is 6.24. The van der Waals surface area contributed by atoms with Gasteiger partial charge in [-0.2, -0.15) is 0 Å². The van der Waals surface area contributed by atoms with E-state index in [0.29, 0.717) is 0 Å². The molecule has 0 fully saturated rings. The fraction of sp³-hybridized carbons (Fsp3) is 0.318. The van der Waals surface area contributed by atoms with Crippen LogP contribution < -0.4 is 5.73 Å². The zero-order valence-corrected chi connectivity index (χ0v) is 18.3. The first-order valence-corrected chi connectivity index (χ1v) is 10.2. The van der Waals surface area contributed by atoms with Crippen molar-refractivity contribution in [2.45, 2.75) is 17.7 Å². The fourth-order valence-corrected chi connectivity index (χ4v) is 5.55. The van der Waals surface area contributed by atoms with E-state index in [1.165, 1.54) is 25.1 Å². The first-order chi connectivity index (χ1) is 15.3. The summed E-state index contributed by atoms with van der Waals surface area (Å²) < 4.78 is 0. The second-order valence-electron chi connectivity index (χ2n) is 8.56. The predicted molar refractivity (Wildman–Crippen MR) is 115 cm³/mol. The maximum Gasteiger partial charge on any atom is 0.255 e. The number of rotatable bonds is 2. The molecule has 10 nitrogen and oxygen atoms in total. The quantitative estimate of drug-likeness (QED) is 0.325. The number of amides is 1. The van der Waals surface area contributed by atoms with Crippen LogP contribution in [-0.4, -0.2) is 79.7 Å².